The van der Waals surface area contributed by atoms with Gasteiger partial charge >= 0.3 is 0 Å². The molecule has 86 valence electrons. The summed E-state index contributed by atoms with van der Waals surface area (Å²) < 4.78 is 15.4. The SMILES string of the molecule is CCn1c(Cl)c(C(C)O)c2cccc(F)c21. The first-order chi connectivity index (χ1) is 7.57. The van der Waals surface area contributed by atoms with Crippen molar-refractivity contribution in [1.29, 1.82) is 0 Å². The van der Waals surface area contributed by atoms with Gasteiger partial charge in [-0.2, -0.15) is 0 Å². The maximum atomic E-state index is 13.7. The van der Waals surface area contributed by atoms with Gasteiger partial charge < -0.3 is 9.67 Å². The third-order valence-electron chi connectivity index (χ3n) is 2.74. The van der Waals surface area contributed by atoms with Crippen molar-refractivity contribution < 1.29 is 9.50 Å². The molecule has 4 heteroatoms. The molecule has 1 aromatic carbocycles. The molecule has 2 aromatic rings. The van der Waals surface area contributed by atoms with Crippen molar-refractivity contribution in [1.82, 2.24) is 4.57 Å². The van der Waals surface area contributed by atoms with Crippen LogP contribution in [0, 0.1) is 5.82 Å². The number of aliphatic hydroxyl groups excluding tert-OH is 1. The molecule has 0 saturated carbocycles. The molecular weight excluding hydrogens is 229 g/mol. The van der Waals surface area contributed by atoms with Crippen molar-refractivity contribution >= 4 is 22.5 Å². The molecule has 2 rings (SSSR count). The fourth-order valence-electron chi connectivity index (χ4n) is 2.06. The second-order valence-electron chi connectivity index (χ2n) is 3.76. The van der Waals surface area contributed by atoms with Gasteiger partial charge in [-0.05, 0) is 19.9 Å². The summed E-state index contributed by atoms with van der Waals surface area (Å²) in [5, 5.41) is 10.8. The maximum absolute atomic E-state index is 13.7. The van der Waals surface area contributed by atoms with Gasteiger partial charge in [-0.15, -0.1) is 0 Å². The Bertz CT molecular complexity index is 533. The van der Waals surface area contributed by atoms with Crippen LogP contribution in [0.5, 0.6) is 0 Å². The minimum Gasteiger partial charge on any atom is -0.389 e. The summed E-state index contributed by atoms with van der Waals surface area (Å²) in [6.07, 6.45) is -0.704. The van der Waals surface area contributed by atoms with E-state index in [9.17, 15) is 9.50 Å². The average Bonchev–Trinajstić information content (AvgIpc) is 2.51. The van der Waals surface area contributed by atoms with E-state index in [1.807, 2.05) is 6.92 Å². The van der Waals surface area contributed by atoms with Gasteiger partial charge in [0, 0.05) is 17.5 Å². The van der Waals surface area contributed by atoms with E-state index in [1.165, 1.54) is 6.07 Å². The molecule has 0 saturated heterocycles. The van der Waals surface area contributed by atoms with Crippen LogP contribution in [-0.4, -0.2) is 9.67 Å². The average molecular weight is 242 g/mol. The van der Waals surface area contributed by atoms with Gasteiger partial charge in [0.05, 0.1) is 11.6 Å². The number of rotatable bonds is 2. The van der Waals surface area contributed by atoms with Crippen LogP contribution in [0.2, 0.25) is 5.15 Å². The molecule has 16 heavy (non-hydrogen) atoms. The van der Waals surface area contributed by atoms with E-state index < -0.39 is 6.10 Å². The van der Waals surface area contributed by atoms with Gasteiger partial charge in [-0.3, -0.25) is 0 Å². The number of fused-ring (bicyclic) bond motifs is 1. The Kier molecular flexibility index (Phi) is 2.91. The van der Waals surface area contributed by atoms with E-state index in [1.54, 1.807) is 23.6 Å². The summed E-state index contributed by atoms with van der Waals surface area (Å²) in [7, 11) is 0. The van der Waals surface area contributed by atoms with Crippen molar-refractivity contribution in [2.75, 3.05) is 0 Å². The second kappa shape index (κ2) is 4.07. The lowest BCUT2D eigenvalue weighted by molar-refractivity contribution is 0.200. The molecule has 2 nitrogen and oxygen atoms in total. The number of nitrogens with zero attached hydrogens (tertiary/aromatic N) is 1. The van der Waals surface area contributed by atoms with E-state index in [2.05, 4.69) is 0 Å². The zero-order valence-corrected chi connectivity index (χ0v) is 9.92. The Morgan fingerprint density at radius 1 is 1.50 bits per heavy atom. The highest BCUT2D eigenvalue weighted by Gasteiger charge is 2.20. The van der Waals surface area contributed by atoms with Crippen LogP contribution in [0.4, 0.5) is 4.39 Å². The van der Waals surface area contributed by atoms with Gasteiger partial charge in [0.2, 0.25) is 0 Å². The predicted molar refractivity (Wildman–Crippen MR) is 63.2 cm³/mol. The van der Waals surface area contributed by atoms with E-state index in [4.69, 9.17) is 11.6 Å². The topological polar surface area (TPSA) is 25.2 Å². The fourth-order valence-corrected chi connectivity index (χ4v) is 2.52. The molecule has 0 fully saturated rings. The monoisotopic (exact) mass is 241 g/mol. The Morgan fingerprint density at radius 3 is 2.75 bits per heavy atom. The van der Waals surface area contributed by atoms with E-state index >= 15 is 0 Å². The summed E-state index contributed by atoms with van der Waals surface area (Å²) in [4.78, 5) is 0. The first-order valence-electron chi connectivity index (χ1n) is 5.22. The Morgan fingerprint density at radius 2 is 2.19 bits per heavy atom. The lowest BCUT2D eigenvalue weighted by Gasteiger charge is -2.04. The number of aryl methyl sites for hydroxylation is 1. The number of hydrogen-bond donors (Lipinski definition) is 1. The molecule has 0 aliphatic heterocycles. The van der Waals surface area contributed by atoms with Crippen molar-refractivity contribution in [2.24, 2.45) is 0 Å². The van der Waals surface area contributed by atoms with E-state index in [-0.39, 0.29) is 5.82 Å². The number of para-hydroxylation sites is 1. The molecular formula is C12H13ClFNO. The van der Waals surface area contributed by atoms with E-state index in [0.29, 0.717) is 28.2 Å². The van der Waals surface area contributed by atoms with E-state index in [0.717, 1.165) is 0 Å². The lowest BCUT2D eigenvalue weighted by Crippen LogP contribution is -1.96. The summed E-state index contributed by atoms with van der Waals surface area (Å²) >= 11 is 6.16. The Balaban J connectivity index is 2.92. The van der Waals surface area contributed by atoms with Crippen LogP contribution in [0.1, 0.15) is 25.5 Å². The minimum atomic E-state index is -0.704. The molecule has 0 aliphatic rings. The normalized spacial score (nSPS) is 13.3. The summed E-state index contributed by atoms with van der Waals surface area (Å²) in [6, 6.07) is 4.80. The molecule has 1 unspecified atom stereocenters. The number of aromatic nitrogens is 1. The van der Waals surface area contributed by atoms with Crippen molar-refractivity contribution in [2.45, 2.75) is 26.5 Å². The van der Waals surface area contributed by atoms with Gasteiger partial charge in [0.15, 0.2) is 0 Å². The van der Waals surface area contributed by atoms with Crippen LogP contribution in [0.3, 0.4) is 0 Å². The molecule has 0 radical (unpaired) electrons. The highest BCUT2D eigenvalue weighted by molar-refractivity contribution is 6.32. The number of halogens is 2. The largest absolute Gasteiger partial charge is 0.389 e. The van der Waals surface area contributed by atoms with Crippen LogP contribution in [-0.2, 0) is 6.54 Å². The number of benzene rings is 1. The molecule has 0 bridgehead atoms. The molecule has 0 spiro atoms. The fraction of sp³-hybridized carbons (Fsp3) is 0.333. The first-order valence-corrected chi connectivity index (χ1v) is 5.59. The zero-order chi connectivity index (χ0) is 11.9. The quantitative estimate of drug-likeness (QED) is 0.855. The Labute approximate surface area is 98.3 Å². The number of aliphatic hydroxyl groups is 1. The van der Waals surface area contributed by atoms with Crippen molar-refractivity contribution in [3.05, 3.63) is 34.7 Å². The molecule has 1 aromatic heterocycles. The van der Waals surface area contributed by atoms with Crippen molar-refractivity contribution in [3.8, 4) is 0 Å². The molecule has 1 N–H and O–H groups in total. The molecule has 1 atom stereocenters. The minimum absolute atomic E-state index is 0.312. The summed E-state index contributed by atoms with van der Waals surface area (Å²) in [5.41, 5.74) is 1.06. The molecule has 0 amide bonds. The maximum Gasteiger partial charge on any atom is 0.147 e. The Hall–Kier alpha value is -1.06. The smallest absolute Gasteiger partial charge is 0.147 e. The molecule has 0 aliphatic carbocycles. The molecule has 1 heterocycles. The highest BCUT2D eigenvalue weighted by atomic mass is 35.5. The van der Waals surface area contributed by atoms with Crippen LogP contribution in [0.15, 0.2) is 18.2 Å². The summed E-state index contributed by atoms with van der Waals surface area (Å²) in [5.74, 6) is -0.312. The van der Waals surface area contributed by atoms with Gasteiger partial charge in [0.25, 0.3) is 0 Å². The van der Waals surface area contributed by atoms with Crippen LogP contribution >= 0.6 is 11.6 Å². The van der Waals surface area contributed by atoms with Gasteiger partial charge in [-0.25, -0.2) is 4.39 Å². The van der Waals surface area contributed by atoms with Crippen LogP contribution in [0.25, 0.3) is 10.9 Å². The summed E-state index contributed by atoms with van der Waals surface area (Å²) in [6.45, 7) is 4.10. The third kappa shape index (κ3) is 1.51. The zero-order valence-electron chi connectivity index (χ0n) is 9.17. The lowest BCUT2D eigenvalue weighted by atomic mass is 10.1. The highest BCUT2D eigenvalue weighted by Crippen LogP contribution is 2.35. The van der Waals surface area contributed by atoms with Crippen LogP contribution < -0.4 is 0 Å². The van der Waals surface area contributed by atoms with Gasteiger partial charge in [-0.1, -0.05) is 23.7 Å². The van der Waals surface area contributed by atoms with Gasteiger partial charge in [0.1, 0.15) is 11.0 Å². The second-order valence-corrected chi connectivity index (χ2v) is 4.12. The standard InChI is InChI=1S/C12H13ClFNO/c1-3-15-11-8(5-4-6-9(11)14)10(7(2)16)12(15)13/h4-7,16H,3H2,1-2H3. The predicted octanol–water partition coefficient (Wildman–Crippen LogP) is 3.51. The number of hydrogen-bond acceptors (Lipinski definition) is 1. The third-order valence-corrected chi connectivity index (χ3v) is 3.15. The van der Waals surface area contributed by atoms with Crippen molar-refractivity contribution in [3.63, 3.8) is 0 Å². The first kappa shape index (κ1) is 11.4.